The van der Waals surface area contributed by atoms with E-state index in [9.17, 15) is 4.79 Å². The smallest absolute Gasteiger partial charge is 0.255 e. The molecule has 1 N–H and O–H groups in total. The molecule has 0 bridgehead atoms. The van der Waals surface area contributed by atoms with Crippen LogP contribution >= 0.6 is 15.9 Å². The van der Waals surface area contributed by atoms with Crippen molar-refractivity contribution in [2.24, 2.45) is 0 Å². The Labute approximate surface area is 118 Å². The van der Waals surface area contributed by atoms with Gasteiger partial charge in [-0.15, -0.1) is 0 Å². The van der Waals surface area contributed by atoms with Crippen LogP contribution in [0.2, 0.25) is 0 Å². The molecule has 0 saturated carbocycles. The minimum absolute atomic E-state index is 0.137. The number of nitrogens with one attached hydrogen (secondary N) is 1. The Morgan fingerprint density at radius 3 is 2.95 bits per heavy atom. The van der Waals surface area contributed by atoms with Gasteiger partial charge in [-0.3, -0.25) is 9.78 Å². The van der Waals surface area contributed by atoms with Crippen LogP contribution in [-0.4, -0.2) is 10.9 Å². The number of anilines is 1. The fraction of sp³-hybridized carbons (Fsp3) is 0.143. The lowest BCUT2D eigenvalue weighted by Crippen LogP contribution is -2.12. The van der Waals surface area contributed by atoms with E-state index in [4.69, 9.17) is 4.74 Å². The largest absolute Gasteiger partial charge is 0.372 e. The summed E-state index contributed by atoms with van der Waals surface area (Å²) in [7, 11) is 0. The molecular weight excluding hydrogens is 308 g/mol. The summed E-state index contributed by atoms with van der Waals surface area (Å²) < 4.78 is 6.10. The van der Waals surface area contributed by atoms with Gasteiger partial charge in [0.25, 0.3) is 5.91 Å². The SMILES string of the molecule is O=C(Nc1ccncc1Br)c1ccc2c(c1)COC2. The summed E-state index contributed by atoms with van der Waals surface area (Å²) >= 11 is 3.35. The number of hydrogen-bond acceptors (Lipinski definition) is 3. The van der Waals surface area contributed by atoms with Crippen LogP contribution < -0.4 is 5.32 Å². The first-order chi connectivity index (χ1) is 9.24. The standard InChI is InChI=1S/C14H11BrN2O2/c15-12-6-16-4-3-13(12)17-14(18)9-1-2-10-7-19-8-11(10)5-9/h1-6H,7-8H2,(H,16,17,18). The fourth-order valence-corrected chi connectivity index (χ4v) is 2.33. The number of pyridine rings is 1. The zero-order valence-electron chi connectivity index (χ0n) is 10.0. The lowest BCUT2D eigenvalue weighted by molar-refractivity contribution is 0.102. The molecule has 96 valence electrons. The minimum Gasteiger partial charge on any atom is -0.372 e. The van der Waals surface area contributed by atoms with Gasteiger partial charge in [0.15, 0.2) is 0 Å². The predicted molar refractivity (Wildman–Crippen MR) is 74.8 cm³/mol. The highest BCUT2D eigenvalue weighted by molar-refractivity contribution is 9.10. The zero-order chi connectivity index (χ0) is 13.2. The molecule has 0 fully saturated rings. The second-order valence-electron chi connectivity index (χ2n) is 4.29. The summed E-state index contributed by atoms with van der Waals surface area (Å²) in [4.78, 5) is 16.1. The van der Waals surface area contributed by atoms with Crippen LogP contribution in [0.15, 0.2) is 41.1 Å². The molecule has 19 heavy (non-hydrogen) atoms. The van der Waals surface area contributed by atoms with Crippen molar-refractivity contribution in [3.05, 3.63) is 57.8 Å². The molecule has 1 aliphatic heterocycles. The Morgan fingerprint density at radius 2 is 2.11 bits per heavy atom. The second kappa shape index (κ2) is 5.11. The van der Waals surface area contributed by atoms with Crippen LogP contribution in [0.4, 0.5) is 5.69 Å². The van der Waals surface area contributed by atoms with Gasteiger partial charge in [-0.2, -0.15) is 0 Å². The first-order valence-electron chi connectivity index (χ1n) is 5.84. The Morgan fingerprint density at radius 1 is 1.26 bits per heavy atom. The van der Waals surface area contributed by atoms with Gasteiger partial charge >= 0.3 is 0 Å². The van der Waals surface area contributed by atoms with E-state index in [0.717, 1.165) is 15.6 Å². The number of hydrogen-bond donors (Lipinski definition) is 1. The summed E-state index contributed by atoms with van der Waals surface area (Å²) in [5.41, 5.74) is 3.58. The van der Waals surface area contributed by atoms with Gasteiger partial charge in [0.05, 0.1) is 23.4 Å². The highest BCUT2D eigenvalue weighted by Crippen LogP contribution is 2.23. The molecule has 5 heteroatoms. The molecule has 2 aromatic rings. The third kappa shape index (κ3) is 2.52. The third-order valence-corrected chi connectivity index (χ3v) is 3.64. The molecule has 1 aromatic carbocycles. The van der Waals surface area contributed by atoms with Crippen LogP contribution in [-0.2, 0) is 18.0 Å². The van der Waals surface area contributed by atoms with Crippen LogP contribution in [0.1, 0.15) is 21.5 Å². The number of fused-ring (bicyclic) bond motifs is 1. The number of carbonyl (C=O) groups excluding carboxylic acids is 1. The molecule has 1 aliphatic rings. The van der Waals surface area contributed by atoms with E-state index in [1.807, 2.05) is 18.2 Å². The normalized spacial score (nSPS) is 13.1. The van der Waals surface area contributed by atoms with Gasteiger partial charge in [-0.05, 0) is 45.3 Å². The van der Waals surface area contributed by atoms with Crippen LogP contribution in [0.5, 0.6) is 0 Å². The van der Waals surface area contributed by atoms with Gasteiger partial charge in [0, 0.05) is 18.0 Å². The van der Waals surface area contributed by atoms with Gasteiger partial charge < -0.3 is 10.1 Å². The molecule has 0 radical (unpaired) electrons. The van der Waals surface area contributed by atoms with Crippen molar-refractivity contribution in [3.8, 4) is 0 Å². The van der Waals surface area contributed by atoms with Crippen molar-refractivity contribution in [3.63, 3.8) is 0 Å². The third-order valence-electron chi connectivity index (χ3n) is 3.00. The van der Waals surface area contributed by atoms with Gasteiger partial charge in [0.1, 0.15) is 0 Å². The Bertz CT molecular complexity index is 643. The molecule has 2 heterocycles. The van der Waals surface area contributed by atoms with Crippen molar-refractivity contribution in [1.82, 2.24) is 4.98 Å². The maximum absolute atomic E-state index is 12.2. The molecule has 0 saturated heterocycles. The van der Waals surface area contributed by atoms with Crippen molar-refractivity contribution >= 4 is 27.5 Å². The lowest BCUT2D eigenvalue weighted by Gasteiger charge is -2.07. The summed E-state index contributed by atoms with van der Waals surface area (Å²) in [6, 6.07) is 7.39. The molecule has 0 atom stereocenters. The van der Waals surface area contributed by atoms with E-state index >= 15 is 0 Å². The van der Waals surface area contributed by atoms with Crippen molar-refractivity contribution in [2.75, 3.05) is 5.32 Å². The summed E-state index contributed by atoms with van der Waals surface area (Å²) in [5, 5.41) is 2.85. The number of amides is 1. The van der Waals surface area contributed by atoms with E-state index in [-0.39, 0.29) is 5.91 Å². The number of benzene rings is 1. The number of halogens is 1. The Hall–Kier alpha value is -1.72. The average molecular weight is 319 g/mol. The quantitative estimate of drug-likeness (QED) is 0.925. The second-order valence-corrected chi connectivity index (χ2v) is 5.14. The number of nitrogens with zero attached hydrogens (tertiary/aromatic N) is 1. The van der Waals surface area contributed by atoms with E-state index in [2.05, 4.69) is 26.2 Å². The summed E-state index contributed by atoms with van der Waals surface area (Å²) in [6.07, 6.45) is 3.28. The number of rotatable bonds is 2. The number of ether oxygens (including phenoxy) is 1. The molecular formula is C14H11BrN2O2. The molecule has 0 unspecified atom stereocenters. The molecule has 1 aromatic heterocycles. The highest BCUT2D eigenvalue weighted by atomic mass is 79.9. The van der Waals surface area contributed by atoms with Crippen molar-refractivity contribution in [2.45, 2.75) is 13.2 Å². The van der Waals surface area contributed by atoms with Crippen molar-refractivity contribution in [1.29, 1.82) is 0 Å². The topological polar surface area (TPSA) is 51.2 Å². The van der Waals surface area contributed by atoms with E-state index < -0.39 is 0 Å². The maximum atomic E-state index is 12.2. The average Bonchev–Trinajstić information content (AvgIpc) is 2.88. The monoisotopic (exact) mass is 318 g/mol. The fourth-order valence-electron chi connectivity index (χ4n) is 1.98. The van der Waals surface area contributed by atoms with Gasteiger partial charge in [0.2, 0.25) is 0 Å². The van der Waals surface area contributed by atoms with Crippen LogP contribution in [0.3, 0.4) is 0 Å². The first-order valence-corrected chi connectivity index (χ1v) is 6.64. The maximum Gasteiger partial charge on any atom is 0.255 e. The predicted octanol–water partition coefficient (Wildman–Crippen LogP) is 3.13. The minimum atomic E-state index is -0.137. The summed E-state index contributed by atoms with van der Waals surface area (Å²) in [5.74, 6) is -0.137. The number of aromatic nitrogens is 1. The van der Waals surface area contributed by atoms with E-state index in [0.29, 0.717) is 24.5 Å². The zero-order valence-corrected chi connectivity index (χ0v) is 11.6. The summed E-state index contributed by atoms with van der Waals surface area (Å²) in [6.45, 7) is 1.21. The van der Waals surface area contributed by atoms with E-state index in [1.165, 1.54) is 0 Å². The Balaban J connectivity index is 1.83. The Kier molecular flexibility index (Phi) is 3.31. The molecule has 3 rings (SSSR count). The van der Waals surface area contributed by atoms with E-state index in [1.54, 1.807) is 18.5 Å². The van der Waals surface area contributed by atoms with Gasteiger partial charge in [-0.1, -0.05) is 6.07 Å². The highest BCUT2D eigenvalue weighted by Gasteiger charge is 2.14. The molecule has 4 nitrogen and oxygen atoms in total. The first kappa shape index (κ1) is 12.3. The van der Waals surface area contributed by atoms with Crippen LogP contribution in [0.25, 0.3) is 0 Å². The number of carbonyl (C=O) groups is 1. The van der Waals surface area contributed by atoms with Crippen LogP contribution in [0, 0.1) is 0 Å². The molecule has 0 aliphatic carbocycles. The van der Waals surface area contributed by atoms with Crippen molar-refractivity contribution < 1.29 is 9.53 Å². The molecule has 1 amide bonds. The molecule has 0 spiro atoms. The lowest BCUT2D eigenvalue weighted by atomic mass is 10.1. The van der Waals surface area contributed by atoms with Gasteiger partial charge in [-0.25, -0.2) is 0 Å².